The van der Waals surface area contributed by atoms with Crippen LogP contribution in [0.5, 0.6) is 0 Å². The zero-order chi connectivity index (χ0) is 18.7. The van der Waals surface area contributed by atoms with Gasteiger partial charge in [0.2, 0.25) is 5.91 Å². The summed E-state index contributed by atoms with van der Waals surface area (Å²) in [5.41, 5.74) is 9.31. The third-order valence-electron chi connectivity index (χ3n) is 5.11. The number of nitrogens with two attached hydrogens (primary N) is 1. The number of imidazole rings is 1. The molecule has 0 fully saturated rings. The molecule has 0 spiro atoms. The minimum absolute atomic E-state index is 0.0140. The molecule has 1 aromatic heterocycles. The van der Waals surface area contributed by atoms with Gasteiger partial charge >= 0.3 is 0 Å². The molecule has 2 atom stereocenters. The van der Waals surface area contributed by atoms with Crippen molar-refractivity contribution in [3.8, 4) is 11.3 Å². The van der Waals surface area contributed by atoms with Crippen molar-refractivity contribution in [3.63, 3.8) is 0 Å². The SMILES string of the molecule is CCCC[C@H]1c2nc(-c3ccccc3C)cn2CCN1C(=O)[C@H](N)CS. The van der Waals surface area contributed by atoms with E-state index in [2.05, 4.69) is 49.4 Å². The van der Waals surface area contributed by atoms with Gasteiger partial charge in [-0.3, -0.25) is 4.79 Å². The first-order valence-electron chi connectivity index (χ1n) is 9.36. The minimum atomic E-state index is -0.556. The maximum atomic E-state index is 12.8. The number of carbonyl (C=O) groups excluding carboxylic acids is 1. The van der Waals surface area contributed by atoms with Gasteiger partial charge in [-0.15, -0.1) is 0 Å². The number of amides is 1. The maximum Gasteiger partial charge on any atom is 0.241 e. The molecule has 0 saturated heterocycles. The monoisotopic (exact) mass is 372 g/mol. The Bertz CT molecular complexity index is 773. The average Bonchev–Trinajstić information content (AvgIpc) is 3.09. The summed E-state index contributed by atoms with van der Waals surface area (Å²) in [6.45, 7) is 5.69. The Morgan fingerprint density at radius 2 is 2.15 bits per heavy atom. The molecule has 1 amide bonds. The van der Waals surface area contributed by atoms with E-state index in [0.717, 1.165) is 42.9 Å². The highest BCUT2D eigenvalue weighted by Crippen LogP contribution is 2.33. The Labute approximate surface area is 161 Å². The number of aryl methyl sites for hydroxylation is 1. The lowest BCUT2D eigenvalue weighted by molar-refractivity contribution is -0.136. The summed E-state index contributed by atoms with van der Waals surface area (Å²) in [6.07, 6.45) is 5.17. The van der Waals surface area contributed by atoms with Crippen LogP contribution in [0.2, 0.25) is 0 Å². The van der Waals surface area contributed by atoms with E-state index in [1.807, 2.05) is 17.0 Å². The van der Waals surface area contributed by atoms with Crippen molar-refractivity contribution in [1.82, 2.24) is 14.5 Å². The lowest BCUT2D eigenvalue weighted by atomic mass is 10.0. The van der Waals surface area contributed by atoms with Gasteiger partial charge in [0.05, 0.1) is 17.8 Å². The number of carbonyl (C=O) groups is 1. The number of thiol groups is 1. The molecule has 0 saturated carbocycles. The Balaban J connectivity index is 1.96. The number of benzene rings is 1. The minimum Gasteiger partial charge on any atom is -0.331 e. The number of fused-ring (bicyclic) bond motifs is 1. The number of nitrogens with zero attached hydrogens (tertiary/aromatic N) is 3. The second-order valence-corrected chi connectivity index (χ2v) is 7.34. The summed E-state index contributed by atoms with van der Waals surface area (Å²) >= 11 is 4.20. The van der Waals surface area contributed by atoms with Gasteiger partial charge in [0.15, 0.2) is 0 Å². The highest BCUT2D eigenvalue weighted by molar-refractivity contribution is 7.80. The van der Waals surface area contributed by atoms with Gasteiger partial charge in [0.25, 0.3) is 0 Å². The molecule has 2 heterocycles. The van der Waals surface area contributed by atoms with Crippen LogP contribution in [-0.2, 0) is 11.3 Å². The fourth-order valence-electron chi connectivity index (χ4n) is 3.61. The first-order valence-corrected chi connectivity index (χ1v) is 10.00. The molecule has 0 aliphatic carbocycles. The molecule has 1 aliphatic rings. The van der Waals surface area contributed by atoms with Crippen LogP contribution in [0.1, 0.15) is 43.6 Å². The van der Waals surface area contributed by atoms with Gasteiger partial charge < -0.3 is 15.2 Å². The summed E-state index contributed by atoms with van der Waals surface area (Å²) < 4.78 is 2.21. The molecule has 2 N–H and O–H groups in total. The third-order valence-corrected chi connectivity index (χ3v) is 5.51. The van der Waals surface area contributed by atoms with E-state index in [1.54, 1.807) is 0 Å². The largest absolute Gasteiger partial charge is 0.331 e. The lowest BCUT2D eigenvalue weighted by Gasteiger charge is -2.37. The van der Waals surface area contributed by atoms with Crippen LogP contribution >= 0.6 is 12.6 Å². The highest BCUT2D eigenvalue weighted by Gasteiger charge is 2.34. The molecular weight excluding hydrogens is 344 g/mol. The molecule has 0 bridgehead atoms. The van der Waals surface area contributed by atoms with Gasteiger partial charge in [0.1, 0.15) is 5.82 Å². The van der Waals surface area contributed by atoms with Crippen molar-refractivity contribution in [1.29, 1.82) is 0 Å². The predicted molar refractivity (Wildman–Crippen MR) is 108 cm³/mol. The van der Waals surface area contributed by atoms with Gasteiger partial charge in [-0.2, -0.15) is 12.6 Å². The summed E-state index contributed by atoms with van der Waals surface area (Å²) in [5, 5.41) is 0. The first-order chi connectivity index (χ1) is 12.6. The van der Waals surface area contributed by atoms with Gasteiger partial charge in [-0.05, 0) is 18.9 Å². The quantitative estimate of drug-likeness (QED) is 0.766. The van der Waals surface area contributed by atoms with E-state index >= 15 is 0 Å². The van der Waals surface area contributed by atoms with Crippen molar-refractivity contribution in [2.24, 2.45) is 5.73 Å². The van der Waals surface area contributed by atoms with Crippen LogP contribution in [0.15, 0.2) is 30.5 Å². The third kappa shape index (κ3) is 3.67. The van der Waals surface area contributed by atoms with E-state index in [4.69, 9.17) is 10.7 Å². The number of hydrogen-bond donors (Lipinski definition) is 2. The van der Waals surface area contributed by atoms with E-state index in [9.17, 15) is 4.79 Å². The lowest BCUT2D eigenvalue weighted by Crippen LogP contribution is -2.50. The van der Waals surface area contributed by atoms with Crippen molar-refractivity contribution >= 4 is 18.5 Å². The Hall–Kier alpha value is -1.79. The van der Waals surface area contributed by atoms with Crippen molar-refractivity contribution in [2.45, 2.75) is 51.7 Å². The summed E-state index contributed by atoms with van der Waals surface area (Å²) in [6, 6.07) is 7.71. The zero-order valence-corrected chi connectivity index (χ0v) is 16.5. The second kappa shape index (κ2) is 8.27. The van der Waals surface area contributed by atoms with Gasteiger partial charge in [-0.1, -0.05) is 44.0 Å². The van der Waals surface area contributed by atoms with E-state index < -0.39 is 6.04 Å². The Kier molecular flexibility index (Phi) is 6.04. The van der Waals surface area contributed by atoms with Crippen LogP contribution in [0.4, 0.5) is 0 Å². The molecule has 1 aromatic carbocycles. The van der Waals surface area contributed by atoms with E-state index in [-0.39, 0.29) is 11.9 Å². The maximum absolute atomic E-state index is 12.8. The molecule has 5 nitrogen and oxygen atoms in total. The molecular formula is C20H28N4OS. The van der Waals surface area contributed by atoms with Crippen LogP contribution in [-0.4, -0.2) is 38.7 Å². The van der Waals surface area contributed by atoms with E-state index in [0.29, 0.717) is 12.3 Å². The first kappa shape index (κ1) is 19.0. The zero-order valence-electron chi connectivity index (χ0n) is 15.6. The average molecular weight is 373 g/mol. The number of aromatic nitrogens is 2. The second-order valence-electron chi connectivity index (χ2n) is 6.97. The molecule has 0 radical (unpaired) electrons. The molecule has 3 rings (SSSR count). The van der Waals surface area contributed by atoms with Crippen molar-refractivity contribution in [2.75, 3.05) is 12.3 Å². The number of hydrogen-bond acceptors (Lipinski definition) is 4. The molecule has 26 heavy (non-hydrogen) atoms. The number of unbranched alkanes of at least 4 members (excludes halogenated alkanes) is 1. The molecule has 6 heteroatoms. The van der Waals surface area contributed by atoms with Gasteiger partial charge in [0, 0.05) is 30.6 Å². The van der Waals surface area contributed by atoms with Crippen LogP contribution in [0.25, 0.3) is 11.3 Å². The topological polar surface area (TPSA) is 64.2 Å². The normalized spacial score (nSPS) is 17.8. The Morgan fingerprint density at radius 1 is 1.38 bits per heavy atom. The number of rotatable bonds is 6. The van der Waals surface area contributed by atoms with E-state index in [1.165, 1.54) is 5.56 Å². The summed E-state index contributed by atoms with van der Waals surface area (Å²) in [7, 11) is 0. The van der Waals surface area contributed by atoms with Crippen molar-refractivity contribution in [3.05, 3.63) is 41.9 Å². The fourth-order valence-corrected chi connectivity index (χ4v) is 3.77. The standard InChI is InChI=1S/C20H28N4OS/c1-3-4-9-18-19-22-17(15-8-6-5-7-14(15)2)12-23(19)10-11-24(18)20(25)16(21)13-26/h5-8,12,16,18,26H,3-4,9-11,13,21H2,1-2H3/t16-,18+/m1/s1. The molecule has 2 aromatic rings. The smallest absolute Gasteiger partial charge is 0.241 e. The Morgan fingerprint density at radius 3 is 2.85 bits per heavy atom. The van der Waals surface area contributed by atoms with Crippen molar-refractivity contribution < 1.29 is 4.79 Å². The fraction of sp³-hybridized carbons (Fsp3) is 0.500. The van der Waals surface area contributed by atoms with Crippen LogP contribution < -0.4 is 5.73 Å². The summed E-state index contributed by atoms with van der Waals surface area (Å²) in [4.78, 5) is 19.6. The molecule has 0 unspecified atom stereocenters. The molecule has 140 valence electrons. The molecule has 1 aliphatic heterocycles. The van der Waals surface area contributed by atoms with Crippen LogP contribution in [0, 0.1) is 6.92 Å². The predicted octanol–water partition coefficient (Wildman–Crippen LogP) is 3.19. The van der Waals surface area contributed by atoms with Crippen LogP contribution in [0.3, 0.4) is 0 Å². The summed E-state index contributed by atoms with van der Waals surface area (Å²) in [5.74, 6) is 1.31. The van der Waals surface area contributed by atoms with Gasteiger partial charge in [-0.25, -0.2) is 4.98 Å². The highest BCUT2D eigenvalue weighted by atomic mass is 32.1.